The number of alkyl halides is 2. The van der Waals surface area contributed by atoms with Gasteiger partial charge in [-0.05, 0) is 31.2 Å². The van der Waals surface area contributed by atoms with E-state index in [1.54, 1.807) is 27.5 Å². The zero-order chi connectivity index (χ0) is 20.1. The number of hydrogen-bond donors (Lipinski definition) is 1. The van der Waals surface area contributed by atoms with Crippen molar-refractivity contribution in [2.75, 3.05) is 23.3 Å². The van der Waals surface area contributed by atoms with Gasteiger partial charge in [-0.15, -0.1) is 5.10 Å². The summed E-state index contributed by atoms with van der Waals surface area (Å²) in [7, 11) is 1.74. The van der Waals surface area contributed by atoms with Crippen LogP contribution >= 0.6 is 0 Å². The monoisotopic (exact) mass is 392 g/mol. The molecule has 150 valence electrons. The summed E-state index contributed by atoms with van der Waals surface area (Å²) in [6.07, 6.45) is 1.40. The number of fused-ring (bicyclic) bond motifs is 1. The third-order valence-electron chi connectivity index (χ3n) is 4.42. The standard InChI is InChI=1S/C16H22F2N10/c1-15(2,3)22-14-20-12(27-6-5-16(17,18)8-27)11-13(21-14)28(9-19-11)7-10-23-24-25-26(10)4/h9H,5-8H2,1-4H3,(H,20,21,22). The van der Waals surface area contributed by atoms with Crippen LogP contribution in [-0.4, -0.2) is 64.3 Å². The van der Waals surface area contributed by atoms with Crippen molar-refractivity contribution in [1.29, 1.82) is 0 Å². The van der Waals surface area contributed by atoms with Crippen molar-refractivity contribution < 1.29 is 8.78 Å². The Morgan fingerprint density at radius 2 is 2.04 bits per heavy atom. The number of tetrazole rings is 1. The van der Waals surface area contributed by atoms with E-state index in [1.807, 2.05) is 20.8 Å². The molecule has 0 aromatic carbocycles. The lowest BCUT2D eigenvalue weighted by Crippen LogP contribution is -2.29. The molecule has 0 saturated carbocycles. The smallest absolute Gasteiger partial charge is 0.266 e. The Bertz CT molecular complexity index is 1000. The van der Waals surface area contributed by atoms with E-state index in [9.17, 15) is 8.78 Å². The number of rotatable bonds is 4. The molecule has 1 saturated heterocycles. The summed E-state index contributed by atoms with van der Waals surface area (Å²) < 4.78 is 30.9. The molecule has 10 nitrogen and oxygen atoms in total. The van der Waals surface area contributed by atoms with Gasteiger partial charge in [0.1, 0.15) is 0 Å². The summed E-state index contributed by atoms with van der Waals surface area (Å²) >= 11 is 0. The first-order valence-electron chi connectivity index (χ1n) is 8.96. The minimum absolute atomic E-state index is 0.203. The van der Waals surface area contributed by atoms with E-state index in [2.05, 4.69) is 35.8 Å². The van der Waals surface area contributed by atoms with Crippen LogP contribution in [0, 0.1) is 0 Å². The molecule has 0 aliphatic carbocycles. The summed E-state index contributed by atoms with van der Waals surface area (Å²) in [5.41, 5.74) is 0.723. The SMILES string of the molecule is Cn1nnnc1Cn1cnc2c(N3CCC(F)(F)C3)nc(NC(C)(C)C)nc21. The Kier molecular flexibility index (Phi) is 4.16. The van der Waals surface area contributed by atoms with E-state index in [1.165, 1.54) is 0 Å². The van der Waals surface area contributed by atoms with Crippen molar-refractivity contribution in [2.24, 2.45) is 7.05 Å². The predicted molar refractivity (Wildman–Crippen MR) is 98.4 cm³/mol. The molecule has 0 amide bonds. The molecule has 0 atom stereocenters. The summed E-state index contributed by atoms with van der Waals surface area (Å²) in [5.74, 6) is -1.34. The van der Waals surface area contributed by atoms with Crippen molar-refractivity contribution in [3.05, 3.63) is 12.2 Å². The molecule has 0 bridgehead atoms. The van der Waals surface area contributed by atoms with Crippen molar-refractivity contribution in [3.63, 3.8) is 0 Å². The summed E-state index contributed by atoms with van der Waals surface area (Å²) in [6, 6.07) is 0. The van der Waals surface area contributed by atoms with Crippen LogP contribution in [0.2, 0.25) is 0 Å². The van der Waals surface area contributed by atoms with Crippen molar-refractivity contribution in [1.82, 2.24) is 39.7 Å². The number of nitrogens with one attached hydrogen (secondary N) is 1. The van der Waals surface area contributed by atoms with Crippen LogP contribution in [0.1, 0.15) is 33.0 Å². The third-order valence-corrected chi connectivity index (χ3v) is 4.42. The van der Waals surface area contributed by atoms with Crippen LogP contribution in [0.25, 0.3) is 11.2 Å². The number of aryl methyl sites for hydroxylation is 1. The number of hydrogen-bond acceptors (Lipinski definition) is 8. The Morgan fingerprint density at radius 1 is 1.25 bits per heavy atom. The first-order valence-corrected chi connectivity index (χ1v) is 8.96. The van der Waals surface area contributed by atoms with Gasteiger partial charge < -0.3 is 14.8 Å². The minimum Gasteiger partial charge on any atom is -0.350 e. The van der Waals surface area contributed by atoms with E-state index in [-0.39, 0.29) is 25.0 Å². The van der Waals surface area contributed by atoms with Gasteiger partial charge in [0.15, 0.2) is 22.8 Å². The highest BCUT2D eigenvalue weighted by Crippen LogP contribution is 2.33. The Morgan fingerprint density at radius 3 is 2.64 bits per heavy atom. The van der Waals surface area contributed by atoms with Gasteiger partial charge in [-0.3, -0.25) is 0 Å². The third kappa shape index (κ3) is 3.58. The topological polar surface area (TPSA) is 102 Å². The van der Waals surface area contributed by atoms with E-state index < -0.39 is 5.92 Å². The van der Waals surface area contributed by atoms with Gasteiger partial charge in [0.25, 0.3) is 5.92 Å². The highest BCUT2D eigenvalue weighted by molar-refractivity contribution is 5.85. The van der Waals surface area contributed by atoms with E-state index in [0.717, 1.165) is 0 Å². The van der Waals surface area contributed by atoms with E-state index in [4.69, 9.17) is 0 Å². The molecule has 28 heavy (non-hydrogen) atoms. The first kappa shape index (κ1) is 18.4. The number of anilines is 2. The fourth-order valence-corrected chi connectivity index (χ4v) is 3.11. The normalized spacial score (nSPS) is 16.9. The average molecular weight is 392 g/mol. The highest BCUT2D eigenvalue weighted by atomic mass is 19.3. The van der Waals surface area contributed by atoms with Gasteiger partial charge in [-0.25, -0.2) is 18.4 Å². The summed E-state index contributed by atoms with van der Waals surface area (Å²) in [4.78, 5) is 15.1. The average Bonchev–Trinajstić information content (AvgIpc) is 3.26. The number of aromatic nitrogens is 8. The molecule has 0 spiro atoms. The fraction of sp³-hybridized carbons (Fsp3) is 0.625. The molecular weight excluding hydrogens is 370 g/mol. The predicted octanol–water partition coefficient (Wildman–Crippen LogP) is 1.45. The lowest BCUT2D eigenvalue weighted by molar-refractivity contribution is 0.0257. The van der Waals surface area contributed by atoms with Crippen molar-refractivity contribution >= 4 is 22.9 Å². The zero-order valence-corrected chi connectivity index (χ0v) is 16.2. The second-order valence-corrected chi connectivity index (χ2v) is 8.04. The second-order valence-electron chi connectivity index (χ2n) is 8.04. The maximum absolute atomic E-state index is 13.8. The van der Waals surface area contributed by atoms with Crippen LogP contribution in [0.15, 0.2) is 6.33 Å². The van der Waals surface area contributed by atoms with Gasteiger partial charge in [0, 0.05) is 25.6 Å². The zero-order valence-electron chi connectivity index (χ0n) is 16.2. The molecule has 1 fully saturated rings. The molecule has 4 heterocycles. The molecule has 1 N–H and O–H groups in total. The largest absolute Gasteiger partial charge is 0.350 e. The summed E-state index contributed by atoms with van der Waals surface area (Å²) in [5, 5.41) is 14.7. The second kappa shape index (κ2) is 6.31. The number of nitrogens with zero attached hydrogens (tertiary/aromatic N) is 9. The molecule has 1 aliphatic rings. The summed E-state index contributed by atoms with van der Waals surface area (Å²) in [6.45, 7) is 6.12. The Hall–Kier alpha value is -2.92. The van der Waals surface area contributed by atoms with Crippen LogP contribution < -0.4 is 10.2 Å². The van der Waals surface area contributed by atoms with Crippen LogP contribution in [0.4, 0.5) is 20.5 Å². The van der Waals surface area contributed by atoms with Gasteiger partial charge in [-0.2, -0.15) is 9.97 Å². The molecule has 1 aliphatic heterocycles. The van der Waals surface area contributed by atoms with Gasteiger partial charge in [0.05, 0.1) is 19.4 Å². The molecule has 0 unspecified atom stereocenters. The first-order chi connectivity index (χ1) is 13.1. The van der Waals surface area contributed by atoms with E-state index in [0.29, 0.717) is 35.3 Å². The van der Waals surface area contributed by atoms with Gasteiger partial charge >= 0.3 is 0 Å². The molecule has 4 rings (SSSR count). The fourth-order valence-electron chi connectivity index (χ4n) is 3.11. The van der Waals surface area contributed by atoms with Gasteiger partial charge in [-0.1, -0.05) is 0 Å². The number of halogens is 2. The lowest BCUT2D eigenvalue weighted by Gasteiger charge is -2.23. The molecule has 12 heteroatoms. The molecule has 3 aromatic rings. The van der Waals surface area contributed by atoms with Gasteiger partial charge in [0.2, 0.25) is 5.95 Å². The highest BCUT2D eigenvalue weighted by Gasteiger charge is 2.40. The lowest BCUT2D eigenvalue weighted by atomic mass is 10.1. The van der Waals surface area contributed by atoms with Crippen LogP contribution in [0.3, 0.4) is 0 Å². The maximum Gasteiger partial charge on any atom is 0.266 e. The molecular formula is C16H22F2N10. The quantitative estimate of drug-likeness (QED) is 0.712. The van der Waals surface area contributed by atoms with Crippen molar-refractivity contribution in [3.8, 4) is 0 Å². The van der Waals surface area contributed by atoms with E-state index >= 15 is 0 Å². The van der Waals surface area contributed by atoms with Crippen molar-refractivity contribution in [2.45, 2.75) is 45.2 Å². The van der Waals surface area contributed by atoms with Crippen LogP contribution in [-0.2, 0) is 13.6 Å². The number of imidazole rings is 1. The maximum atomic E-state index is 13.8. The molecule has 3 aromatic heterocycles. The minimum atomic E-state index is -2.73. The Labute approximate surface area is 160 Å². The van der Waals surface area contributed by atoms with Crippen LogP contribution in [0.5, 0.6) is 0 Å². The molecule has 0 radical (unpaired) electrons. The Balaban J connectivity index is 1.80.